The number of anilines is 1. The van der Waals surface area contributed by atoms with Crippen LogP contribution in [0.15, 0.2) is 18.2 Å². The average molecular weight is 336 g/mol. The van der Waals surface area contributed by atoms with Crippen LogP contribution >= 0.6 is 0 Å². The van der Waals surface area contributed by atoms with Gasteiger partial charge in [-0.2, -0.15) is 0 Å². The number of aliphatic hydroxyl groups excluding tert-OH is 1. The molecule has 7 nitrogen and oxygen atoms in total. The van der Waals surface area contributed by atoms with E-state index in [4.69, 9.17) is 14.6 Å². The molecular formula is C17H24N2O5. The lowest BCUT2D eigenvalue weighted by Crippen LogP contribution is -2.38. The number of esters is 1. The van der Waals surface area contributed by atoms with Crippen LogP contribution < -0.4 is 10.1 Å². The van der Waals surface area contributed by atoms with Gasteiger partial charge in [0.2, 0.25) is 0 Å². The number of urea groups is 1. The molecule has 2 rings (SSSR count). The van der Waals surface area contributed by atoms with Crippen LogP contribution in [-0.2, 0) is 4.74 Å². The minimum Gasteiger partial charge on any atom is -0.489 e. The van der Waals surface area contributed by atoms with Gasteiger partial charge < -0.3 is 24.8 Å². The Labute approximate surface area is 141 Å². The van der Waals surface area contributed by atoms with Crippen molar-refractivity contribution in [3.63, 3.8) is 0 Å². The molecule has 1 aliphatic carbocycles. The zero-order valence-electron chi connectivity index (χ0n) is 14.2. The van der Waals surface area contributed by atoms with Gasteiger partial charge in [0.1, 0.15) is 5.75 Å². The van der Waals surface area contributed by atoms with Gasteiger partial charge in [-0.3, -0.25) is 0 Å². The number of carbonyl (C=O) groups is 2. The van der Waals surface area contributed by atoms with E-state index in [0.29, 0.717) is 17.0 Å². The van der Waals surface area contributed by atoms with E-state index in [1.807, 2.05) is 13.8 Å². The molecule has 1 fully saturated rings. The normalized spacial score (nSPS) is 13.5. The molecule has 1 saturated carbocycles. The topological polar surface area (TPSA) is 88.1 Å². The van der Waals surface area contributed by atoms with Crippen molar-refractivity contribution in [3.05, 3.63) is 23.8 Å². The third-order valence-corrected chi connectivity index (χ3v) is 3.59. The maximum atomic E-state index is 12.5. The summed E-state index contributed by atoms with van der Waals surface area (Å²) in [6, 6.07) is 4.60. The first-order valence-electron chi connectivity index (χ1n) is 8.03. The van der Waals surface area contributed by atoms with E-state index in [0.717, 1.165) is 12.8 Å². The minimum atomic E-state index is -0.490. The first kappa shape index (κ1) is 18.1. The Bertz CT molecular complexity index is 599. The SMILES string of the molecule is COC(=O)c1ccc(OC(C)C)c(NC(=O)N(CCO)C2CC2)c1. The molecule has 0 heterocycles. The lowest BCUT2D eigenvalue weighted by atomic mass is 10.2. The van der Waals surface area contributed by atoms with Crippen molar-refractivity contribution < 1.29 is 24.2 Å². The molecule has 24 heavy (non-hydrogen) atoms. The number of hydrogen-bond donors (Lipinski definition) is 2. The number of amides is 2. The van der Waals surface area contributed by atoms with Gasteiger partial charge in [-0.25, -0.2) is 9.59 Å². The second kappa shape index (κ2) is 8.01. The second-order valence-corrected chi connectivity index (χ2v) is 5.95. The number of benzene rings is 1. The Hall–Kier alpha value is -2.28. The highest BCUT2D eigenvalue weighted by Crippen LogP contribution is 2.30. The van der Waals surface area contributed by atoms with Crippen LogP contribution in [-0.4, -0.2) is 54.4 Å². The molecule has 0 spiro atoms. The quantitative estimate of drug-likeness (QED) is 0.746. The van der Waals surface area contributed by atoms with Crippen molar-refractivity contribution in [3.8, 4) is 5.75 Å². The summed E-state index contributed by atoms with van der Waals surface area (Å²) in [7, 11) is 1.30. The van der Waals surface area contributed by atoms with Gasteiger partial charge in [-0.1, -0.05) is 0 Å². The van der Waals surface area contributed by atoms with Gasteiger partial charge in [0.05, 0.1) is 31.1 Å². The predicted octanol–water partition coefficient (Wildman–Crippen LogP) is 2.25. The molecule has 0 saturated heterocycles. The number of methoxy groups -OCH3 is 1. The molecule has 2 amide bonds. The van der Waals surface area contributed by atoms with Gasteiger partial charge in [-0.05, 0) is 44.9 Å². The monoisotopic (exact) mass is 336 g/mol. The summed E-state index contributed by atoms with van der Waals surface area (Å²) < 4.78 is 10.4. The lowest BCUT2D eigenvalue weighted by Gasteiger charge is -2.23. The van der Waals surface area contributed by atoms with Gasteiger partial charge in [0, 0.05) is 12.6 Å². The smallest absolute Gasteiger partial charge is 0.337 e. The summed E-state index contributed by atoms with van der Waals surface area (Å²) in [5.74, 6) is -0.0123. The van der Waals surface area contributed by atoms with Crippen LogP contribution in [0.2, 0.25) is 0 Å². The van der Waals surface area contributed by atoms with Crippen molar-refractivity contribution in [2.24, 2.45) is 0 Å². The highest BCUT2D eigenvalue weighted by molar-refractivity contribution is 5.95. The molecular weight excluding hydrogens is 312 g/mol. The van der Waals surface area contributed by atoms with Gasteiger partial charge >= 0.3 is 12.0 Å². The first-order valence-corrected chi connectivity index (χ1v) is 8.03. The molecule has 0 aromatic heterocycles. The van der Waals surface area contributed by atoms with E-state index in [9.17, 15) is 9.59 Å². The number of carbonyl (C=O) groups excluding carboxylic acids is 2. The Morgan fingerprint density at radius 1 is 1.38 bits per heavy atom. The molecule has 0 aliphatic heterocycles. The van der Waals surface area contributed by atoms with E-state index >= 15 is 0 Å². The Morgan fingerprint density at radius 3 is 2.62 bits per heavy atom. The molecule has 0 unspecified atom stereocenters. The zero-order valence-corrected chi connectivity index (χ0v) is 14.2. The number of nitrogens with one attached hydrogen (secondary N) is 1. The van der Waals surface area contributed by atoms with E-state index in [1.54, 1.807) is 17.0 Å². The predicted molar refractivity (Wildman–Crippen MR) is 89.4 cm³/mol. The maximum Gasteiger partial charge on any atom is 0.337 e. The third-order valence-electron chi connectivity index (χ3n) is 3.59. The summed E-state index contributed by atoms with van der Waals surface area (Å²) in [6.07, 6.45) is 1.79. The van der Waals surface area contributed by atoms with Crippen molar-refractivity contribution in [1.29, 1.82) is 0 Å². The Balaban J connectivity index is 2.23. The zero-order chi connectivity index (χ0) is 17.7. The number of ether oxygens (including phenoxy) is 2. The average Bonchev–Trinajstić information content (AvgIpc) is 3.37. The summed E-state index contributed by atoms with van der Waals surface area (Å²) in [4.78, 5) is 25.8. The highest BCUT2D eigenvalue weighted by Gasteiger charge is 2.32. The molecule has 1 aromatic rings. The molecule has 0 radical (unpaired) electrons. The Kier molecular flexibility index (Phi) is 6.03. The summed E-state index contributed by atoms with van der Waals surface area (Å²) in [5, 5.41) is 11.9. The van der Waals surface area contributed by atoms with Crippen molar-refractivity contribution in [2.45, 2.75) is 38.8 Å². The maximum absolute atomic E-state index is 12.5. The standard InChI is InChI=1S/C17H24N2O5/c1-11(2)24-15-7-4-12(16(21)23-3)10-14(15)18-17(22)19(8-9-20)13-5-6-13/h4,7,10-11,13,20H,5-6,8-9H2,1-3H3,(H,18,22). The number of rotatable bonds is 7. The first-order chi connectivity index (χ1) is 11.5. The Morgan fingerprint density at radius 2 is 2.08 bits per heavy atom. The van der Waals surface area contributed by atoms with E-state index < -0.39 is 5.97 Å². The van der Waals surface area contributed by atoms with Gasteiger partial charge in [0.15, 0.2) is 0 Å². The van der Waals surface area contributed by atoms with Gasteiger partial charge in [-0.15, -0.1) is 0 Å². The van der Waals surface area contributed by atoms with Crippen molar-refractivity contribution in [2.75, 3.05) is 25.6 Å². The third kappa shape index (κ3) is 4.61. The summed E-state index contributed by atoms with van der Waals surface area (Å²) in [5.41, 5.74) is 0.726. The largest absolute Gasteiger partial charge is 0.489 e. The van der Waals surface area contributed by atoms with E-state index in [1.165, 1.54) is 13.2 Å². The van der Waals surface area contributed by atoms with Crippen molar-refractivity contribution >= 4 is 17.7 Å². The fourth-order valence-corrected chi connectivity index (χ4v) is 2.36. The van der Waals surface area contributed by atoms with E-state index in [-0.39, 0.29) is 31.3 Å². The number of nitrogens with zero attached hydrogens (tertiary/aromatic N) is 1. The van der Waals surface area contributed by atoms with Crippen LogP contribution in [0.5, 0.6) is 5.75 Å². The number of hydrogen-bond acceptors (Lipinski definition) is 5. The van der Waals surface area contributed by atoms with Crippen LogP contribution in [0.25, 0.3) is 0 Å². The molecule has 2 N–H and O–H groups in total. The van der Waals surface area contributed by atoms with Crippen LogP contribution in [0.3, 0.4) is 0 Å². The van der Waals surface area contributed by atoms with Crippen LogP contribution in [0, 0.1) is 0 Å². The fraction of sp³-hybridized carbons (Fsp3) is 0.529. The van der Waals surface area contributed by atoms with Crippen LogP contribution in [0.1, 0.15) is 37.0 Å². The summed E-state index contributed by atoms with van der Waals surface area (Å²) >= 11 is 0. The van der Waals surface area contributed by atoms with Gasteiger partial charge in [0.25, 0.3) is 0 Å². The molecule has 1 aliphatic rings. The molecule has 0 bridgehead atoms. The van der Waals surface area contributed by atoms with Crippen molar-refractivity contribution in [1.82, 2.24) is 4.90 Å². The minimum absolute atomic E-state index is 0.0818. The summed E-state index contributed by atoms with van der Waals surface area (Å²) in [6.45, 7) is 3.93. The lowest BCUT2D eigenvalue weighted by molar-refractivity contribution is 0.0600. The highest BCUT2D eigenvalue weighted by atomic mass is 16.5. The van der Waals surface area contributed by atoms with E-state index in [2.05, 4.69) is 5.32 Å². The second-order valence-electron chi connectivity index (χ2n) is 5.95. The molecule has 132 valence electrons. The fourth-order valence-electron chi connectivity index (χ4n) is 2.36. The molecule has 0 atom stereocenters. The molecule has 7 heteroatoms. The molecule has 1 aromatic carbocycles. The number of aliphatic hydroxyl groups is 1. The van der Waals surface area contributed by atoms with Crippen LogP contribution in [0.4, 0.5) is 10.5 Å².